The Morgan fingerprint density at radius 2 is 1.85 bits per heavy atom. The number of rotatable bonds is 7. The number of likely N-dealkylation sites (tertiary alicyclic amines) is 2. The number of anilines is 1. The Labute approximate surface area is 237 Å². The fraction of sp³-hybridized carbons (Fsp3) is 0.656. The molecule has 1 spiro atoms. The van der Waals surface area contributed by atoms with Gasteiger partial charge in [0.25, 0.3) is 0 Å². The summed E-state index contributed by atoms with van der Waals surface area (Å²) in [6.45, 7) is 9.67. The van der Waals surface area contributed by atoms with Gasteiger partial charge in [0.2, 0.25) is 17.7 Å². The Hall–Kier alpha value is -2.71. The lowest BCUT2D eigenvalue weighted by atomic mass is 9.73. The Kier molecular flexibility index (Phi) is 7.51. The van der Waals surface area contributed by atoms with Crippen LogP contribution in [0.4, 0.5) is 5.69 Å². The van der Waals surface area contributed by atoms with Crippen molar-refractivity contribution >= 4 is 23.4 Å². The summed E-state index contributed by atoms with van der Waals surface area (Å²) in [7, 11) is 0. The predicted octanol–water partition coefficient (Wildman–Crippen LogP) is 3.51. The number of carbonyl (C=O) groups is 3. The summed E-state index contributed by atoms with van der Waals surface area (Å²) in [4.78, 5) is 46.2. The second kappa shape index (κ2) is 10.9. The molecule has 1 saturated carbocycles. The third-order valence-corrected chi connectivity index (χ3v) is 10.4. The van der Waals surface area contributed by atoms with Crippen LogP contribution in [-0.2, 0) is 19.1 Å². The van der Waals surface area contributed by atoms with Crippen molar-refractivity contribution in [2.24, 2.45) is 23.7 Å². The molecule has 3 amide bonds. The molecule has 0 aromatic heterocycles. The van der Waals surface area contributed by atoms with Gasteiger partial charge in [-0.15, -0.1) is 0 Å². The second-order valence-corrected chi connectivity index (χ2v) is 12.9. The molecule has 8 nitrogen and oxygen atoms in total. The Morgan fingerprint density at radius 3 is 2.62 bits per heavy atom. The first kappa shape index (κ1) is 27.5. The zero-order valence-electron chi connectivity index (χ0n) is 24.1. The highest BCUT2D eigenvalue weighted by atomic mass is 16.5. The Bertz CT molecular complexity index is 1180. The number of hydrogen-bond acceptors (Lipinski definition) is 5. The summed E-state index contributed by atoms with van der Waals surface area (Å²) < 4.78 is 6.53. The standard InChI is InChI=1S/C32H44N4O4/c1-20-9-7-11-23(19-20)33-29(37)26-25-13-14-32(40-25)27(26)31(39)36(18-17-35-15-5-4-6-16-35)28(32)30(38)34-24-12-8-10-21(2)22(24)3/h7,9,11,13-14,19,21-22,24-28H,4-6,8,10,12,15-18H2,1-3H3,(H,33,37)(H,34,38)/t21-,22+,24-,25+,26-,27+,28+,32+/m1/s1. The van der Waals surface area contributed by atoms with Crippen LogP contribution in [0.5, 0.6) is 0 Å². The summed E-state index contributed by atoms with van der Waals surface area (Å²) in [6.07, 6.45) is 10.1. The number of amides is 3. The third kappa shape index (κ3) is 4.77. The van der Waals surface area contributed by atoms with Crippen LogP contribution in [0.1, 0.15) is 57.9 Å². The van der Waals surface area contributed by atoms with Gasteiger partial charge in [-0.05, 0) is 68.8 Å². The van der Waals surface area contributed by atoms with Crippen LogP contribution < -0.4 is 10.6 Å². The number of aryl methyl sites for hydroxylation is 1. The summed E-state index contributed by atoms with van der Waals surface area (Å²) >= 11 is 0. The summed E-state index contributed by atoms with van der Waals surface area (Å²) in [5.41, 5.74) is 0.626. The molecule has 4 heterocycles. The van der Waals surface area contributed by atoms with E-state index in [1.807, 2.05) is 43.3 Å². The molecule has 5 aliphatic rings. The van der Waals surface area contributed by atoms with Gasteiger partial charge in [-0.3, -0.25) is 14.4 Å². The minimum Gasteiger partial charge on any atom is -0.359 e. The molecule has 2 N–H and O–H groups in total. The molecule has 0 unspecified atom stereocenters. The number of ether oxygens (including phenoxy) is 1. The quantitative estimate of drug-likeness (QED) is 0.509. The van der Waals surface area contributed by atoms with E-state index in [4.69, 9.17) is 4.74 Å². The van der Waals surface area contributed by atoms with Crippen molar-refractivity contribution < 1.29 is 19.1 Å². The SMILES string of the molecule is Cc1cccc(NC(=O)[C@@H]2[C@@H]3C=C[C@]4(O3)[C@@H]2C(=O)N(CCN2CCCCC2)[C@H]4C(=O)N[C@@H]2CCC[C@@H](C)[C@@H]2C)c1. The first-order valence-electron chi connectivity index (χ1n) is 15.4. The van der Waals surface area contributed by atoms with Crippen molar-refractivity contribution in [3.8, 4) is 0 Å². The van der Waals surface area contributed by atoms with Crippen LogP contribution >= 0.6 is 0 Å². The van der Waals surface area contributed by atoms with Crippen LogP contribution in [0.15, 0.2) is 36.4 Å². The van der Waals surface area contributed by atoms with Gasteiger partial charge in [0.1, 0.15) is 11.6 Å². The molecule has 6 rings (SSSR count). The lowest BCUT2D eigenvalue weighted by Crippen LogP contribution is -2.58. The van der Waals surface area contributed by atoms with Gasteiger partial charge in [0, 0.05) is 24.8 Å². The molecule has 1 aromatic rings. The van der Waals surface area contributed by atoms with Crippen molar-refractivity contribution in [3.05, 3.63) is 42.0 Å². The molecule has 1 aromatic carbocycles. The molecule has 8 heteroatoms. The molecule has 216 valence electrons. The predicted molar refractivity (Wildman–Crippen MR) is 153 cm³/mol. The molecule has 40 heavy (non-hydrogen) atoms. The number of hydrogen-bond donors (Lipinski definition) is 2. The van der Waals surface area contributed by atoms with Gasteiger partial charge in [0.15, 0.2) is 0 Å². The van der Waals surface area contributed by atoms with E-state index in [9.17, 15) is 14.4 Å². The van der Waals surface area contributed by atoms with Gasteiger partial charge < -0.3 is 25.2 Å². The zero-order valence-corrected chi connectivity index (χ0v) is 24.1. The van der Waals surface area contributed by atoms with E-state index in [1.54, 1.807) is 4.90 Å². The van der Waals surface area contributed by atoms with Crippen molar-refractivity contribution in [3.63, 3.8) is 0 Å². The van der Waals surface area contributed by atoms with E-state index < -0.39 is 29.6 Å². The van der Waals surface area contributed by atoms with E-state index in [0.717, 1.165) is 50.9 Å². The van der Waals surface area contributed by atoms with Crippen LogP contribution in [0, 0.1) is 30.6 Å². The molecule has 4 fully saturated rings. The molecule has 0 radical (unpaired) electrons. The average Bonchev–Trinajstić information content (AvgIpc) is 3.58. The Balaban J connectivity index is 1.27. The maximum absolute atomic E-state index is 14.2. The monoisotopic (exact) mass is 548 g/mol. The number of benzene rings is 1. The van der Waals surface area contributed by atoms with Crippen LogP contribution in [0.2, 0.25) is 0 Å². The lowest BCUT2D eigenvalue weighted by Gasteiger charge is -2.38. The van der Waals surface area contributed by atoms with E-state index in [-0.39, 0.29) is 23.8 Å². The summed E-state index contributed by atoms with van der Waals surface area (Å²) in [5, 5.41) is 6.37. The lowest BCUT2D eigenvalue weighted by molar-refractivity contribution is -0.142. The summed E-state index contributed by atoms with van der Waals surface area (Å²) in [6, 6.07) is 6.95. The highest BCUT2D eigenvalue weighted by Crippen LogP contribution is 2.55. The second-order valence-electron chi connectivity index (χ2n) is 12.9. The van der Waals surface area contributed by atoms with Gasteiger partial charge in [-0.1, -0.05) is 57.4 Å². The molecule has 3 saturated heterocycles. The minimum atomic E-state index is -1.12. The zero-order chi connectivity index (χ0) is 28.0. The molecule has 1 aliphatic carbocycles. The highest BCUT2D eigenvalue weighted by Gasteiger charge is 2.72. The average molecular weight is 549 g/mol. The summed E-state index contributed by atoms with van der Waals surface area (Å²) in [5.74, 6) is -1.00. The minimum absolute atomic E-state index is 0.0775. The molecule has 4 aliphatic heterocycles. The van der Waals surface area contributed by atoms with Crippen molar-refractivity contribution in [2.45, 2.75) is 83.1 Å². The molecular weight excluding hydrogens is 504 g/mol. The van der Waals surface area contributed by atoms with Crippen LogP contribution in [0.25, 0.3) is 0 Å². The topological polar surface area (TPSA) is 91.0 Å². The maximum Gasteiger partial charge on any atom is 0.246 e. The van der Waals surface area contributed by atoms with E-state index in [2.05, 4.69) is 29.4 Å². The molecular formula is C32H44N4O4. The first-order chi connectivity index (χ1) is 19.3. The highest BCUT2D eigenvalue weighted by molar-refractivity contribution is 6.02. The number of carbonyl (C=O) groups excluding carboxylic acids is 3. The first-order valence-corrected chi connectivity index (χ1v) is 15.4. The van der Waals surface area contributed by atoms with Crippen molar-refractivity contribution in [2.75, 3.05) is 31.5 Å². The van der Waals surface area contributed by atoms with Gasteiger partial charge in [-0.2, -0.15) is 0 Å². The number of fused-ring (bicyclic) bond motifs is 1. The fourth-order valence-electron chi connectivity index (χ4n) is 7.94. The van der Waals surface area contributed by atoms with Gasteiger partial charge >= 0.3 is 0 Å². The van der Waals surface area contributed by atoms with Gasteiger partial charge in [-0.25, -0.2) is 0 Å². The third-order valence-electron chi connectivity index (χ3n) is 10.4. The van der Waals surface area contributed by atoms with Gasteiger partial charge in [0.05, 0.1) is 17.9 Å². The number of nitrogens with one attached hydrogen (secondary N) is 2. The normalized spacial score (nSPS) is 37.0. The maximum atomic E-state index is 14.2. The largest absolute Gasteiger partial charge is 0.359 e. The number of nitrogens with zero attached hydrogens (tertiary/aromatic N) is 2. The van der Waals surface area contributed by atoms with Crippen LogP contribution in [0.3, 0.4) is 0 Å². The van der Waals surface area contributed by atoms with Crippen molar-refractivity contribution in [1.82, 2.24) is 15.1 Å². The van der Waals surface area contributed by atoms with E-state index >= 15 is 0 Å². The Morgan fingerprint density at radius 1 is 1.05 bits per heavy atom. The van der Waals surface area contributed by atoms with Crippen molar-refractivity contribution in [1.29, 1.82) is 0 Å². The molecule has 2 bridgehead atoms. The smallest absolute Gasteiger partial charge is 0.246 e. The fourth-order valence-corrected chi connectivity index (χ4v) is 7.94. The van der Waals surface area contributed by atoms with E-state index in [0.29, 0.717) is 24.1 Å². The molecule has 8 atom stereocenters. The number of piperidine rings is 1. The van der Waals surface area contributed by atoms with Crippen LogP contribution in [-0.4, -0.2) is 77.5 Å². The van der Waals surface area contributed by atoms with E-state index in [1.165, 1.54) is 12.8 Å².